The number of thioether (sulfide) groups is 2. The maximum absolute atomic E-state index is 6.18. The van der Waals surface area contributed by atoms with Crippen LogP contribution >= 0.6 is 35.1 Å². The number of benzene rings is 1. The van der Waals surface area contributed by atoms with Gasteiger partial charge in [0.05, 0.1) is 15.8 Å². The number of aromatic nitrogens is 2. The van der Waals surface area contributed by atoms with Crippen LogP contribution in [0, 0.1) is 0 Å². The highest BCUT2D eigenvalue weighted by atomic mass is 35.5. The summed E-state index contributed by atoms with van der Waals surface area (Å²) < 4.78 is 5.38. The number of nitrogen functional groups attached to an aromatic ring is 1. The summed E-state index contributed by atoms with van der Waals surface area (Å²) >= 11 is 10.0. The molecular formula is C14H16ClN3OS2. The van der Waals surface area contributed by atoms with Gasteiger partial charge in [0.1, 0.15) is 0 Å². The van der Waals surface area contributed by atoms with Crippen LogP contribution in [-0.2, 0) is 0 Å². The number of anilines is 1. The summed E-state index contributed by atoms with van der Waals surface area (Å²) in [5, 5.41) is 6.18. The average molecular weight is 342 g/mol. The largest absolute Gasteiger partial charge is 0.399 e. The first-order valence-electron chi connectivity index (χ1n) is 6.70. The lowest BCUT2D eigenvalue weighted by Crippen LogP contribution is -2.22. The summed E-state index contributed by atoms with van der Waals surface area (Å²) in [6.45, 7) is 4.50. The third-order valence-corrected chi connectivity index (χ3v) is 7.22. The van der Waals surface area contributed by atoms with E-state index in [9.17, 15) is 0 Å². The zero-order chi connectivity index (χ0) is 15.0. The predicted octanol–water partition coefficient (Wildman–Crippen LogP) is 4.27. The van der Waals surface area contributed by atoms with Crippen LogP contribution in [0.15, 0.2) is 22.7 Å². The van der Waals surface area contributed by atoms with Gasteiger partial charge in [-0.3, -0.25) is 0 Å². The van der Waals surface area contributed by atoms with Crippen molar-refractivity contribution < 1.29 is 4.52 Å². The van der Waals surface area contributed by atoms with E-state index in [1.54, 1.807) is 18.2 Å². The summed E-state index contributed by atoms with van der Waals surface area (Å²) in [4.78, 5) is 4.51. The Morgan fingerprint density at radius 3 is 2.90 bits per heavy atom. The fourth-order valence-corrected chi connectivity index (χ4v) is 5.13. The van der Waals surface area contributed by atoms with Gasteiger partial charge in [-0.1, -0.05) is 30.6 Å². The van der Waals surface area contributed by atoms with E-state index in [1.165, 1.54) is 0 Å². The van der Waals surface area contributed by atoms with Crippen LogP contribution in [0.25, 0.3) is 11.5 Å². The molecule has 112 valence electrons. The molecule has 7 heteroatoms. The third kappa shape index (κ3) is 3.17. The molecule has 1 saturated heterocycles. The number of hydrogen-bond donors (Lipinski definition) is 1. The molecular weight excluding hydrogens is 326 g/mol. The first-order chi connectivity index (χ1) is 10.0. The number of rotatable bonds is 2. The summed E-state index contributed by atoms with van der Waals surface area (Å²) in [6.07, 6.45) is 0. The molecule has 1 aliphatic rings. The van der Waals surface area contributed by atoms with Crippen LogP contribution in [0.3, 0.4) is 0 Å². The van der Waals surface area contributed by atoms with E-state index in [4.69, 9.17) is 21.9 Å². The van der Waals surface area contributed by atoms with Crippen molar-refractivity contribution in [1.29, 1.82) is 0 Å². The number of hydrogen-bond acceptors (Lipinski definition) is 6. The van der Waals surface area contributed by atoms with Crippen molar-refractivity contribution in [2.24, 2.45) is 0 Å². The highest BCUT2D eigenvalue weighted by molar-refractivity contribution is 8.07. The Morgan fingerprint density at radius 1 is 1.33 bits per heavy atom. The second-order valence-corrected chi connectivity index (χ2v) is 8.47. The molecule has 1 aromatic carbocycles. The summed E-state index contributed by atoms with van der Waals surface area (Å²) in [5.41, 5.74) is 7.10. The van der Waals surface area contributed by atoms with E-state index in [1.807, 2.05) is 23.5 Å². The molecule has 3 atom stereocenters. The Hall–Kier alpha value is -0.850. The van der Waals surface area contributed by atoms with Crippen molar-refractivity contribution in [2.75, 3.05) is 11.5 Å². The molecule has 2 heterocycles. The quantitative estimate of drug-likeness (QED) is 0.823. The molecule has 0 amide bonds. The minimum absolute atomic E-state index is 0.263. The average Bonchev–Trinajstić information content (AvgIpc) is 2.94. The zero-order valence-electron chi connectivity index (χ0n) is 11.7. The van der Waals surface area contributed by atoms with Crippen molar-refractivity contribution in [1.82, 2.24) is 10.1 Å². The molecule has 1 aromatic heterocycles. The molecule has 2 N–H and O–H groups in total. The lowest BCUT2D eigenvalue weighted by molar-refractivity contribution is 0.423. The van der Waals surface area contributed by atoms with Gasteiger partial charge in [0.25, 0.3) is 5.89 Å². The first kappa shape index (κ1) is 15.1. The second kappa shape index (κ2) is 6.10. The van der Waals surface area contributed by atoms with Crippen LogP contribution in [0.4, 0.5) is 5.69 Å². The third-order valence-electron chi connectivity index (χ3n) is 3.50. The Morgan fingerprint density at radius 2 is 2.14 bits per heavy atom. The van der Waals surface area contributed by atoms with Crippen molar-refractivity contribution in [2.45, 2.75) is 29.6 Å². The fraction of sp³-hybridized carbons (Fsp3) is 0.429. The van der Waals surface area contributed by atoms with Gasteiger partial charge in [-0.05, 0) is 18.2 Å². The number of nitrogens with zero attached hydrogens (tertiary/aromatic N) is 2. The molecule has 3 unspecified atom stereocenters. The van der Waals surface area contributed by atoms with Gasteiger partial charge in [-0.2, -0.15) is 16.7 Å². The van der Waals surface area contributed by atoms with Gasteiger partial charge in [-0.25, -0.2) is 0 Å². The zero-order valence-corrected chi connectivity index (χ0v) is 14.1. The fourth-order valence-electron chi connectivity index (χ4n) is 2.10. The van der Waals surface area contributed by atoms with Gasteiger partial charge in [0, 0.05) is 21.9 Å². The molecule has 0 radical (unpaired) electrons. The lowest BCUT2D eigenvalue weighted by atomic mass is 10.2. The molecule has 1 fully saturated rings. The van der Waals surface area contributed by atoms with E-state index < -0.39 is 0 Å². The van der Waals surface area contributed by atoms with E-state index >= 15 is 0 Å². The van der Waals surface area contributed by atoms with Gasteiger partial charge >= 0.3 is 0 Å². The molecule has 0 spiro atoms. The molecule has 2 aromatic rings. The Bertz CT molecular complexity index is 649. The van der Waals surface area contributed by atoms with Crippen molar-refractivity contribution >= 4 is 40.8 Å². The number of nitrogens with two attached hydrogens (primary N) is 1. The highest BCUT2D eigenvalue weighted by Crippen LogP contribution is 2.43. The van der Waals surface area contributed by atoms with Crippen molar-refractivity contribution in [3.8, 4) is 11.5 Å². The first-order valence-corrected chi connectivity index (χ1v) is 9.07. The predicted molar refractivity (Wildman–Crippen MR) is 90.9 cm³/mol. The van der Waals surface area contributed by atoms with Crippen LogP contribution in [0.5, 0.6) is 0 Å². The van der Waals surface area contributed by atoms with Gasteiger partial charge < -0.3 is 10.3 Å². The minimum Gasteiger partial charge on any atom is -0.399 e. The summed E-state index contributed by atoms with van der Waals surface area (Å²) in [6, 6.07) is 5.25. The van der Waals surface area contributed by atoms with E-state index in [2.05, 4.69) is 24.0 Å². The maximum atomic E-state index is 6.18. The Kier molecular flexibility index (Phi) is 4.38. The number of halogens is 1. The van der Waals surface area contributed by atoms with Crippen LogP contribution in [-0.4, -0.2) is 26.4 Å². The Balaban J connectivity index is 1.85. The van der Waals surface area contributed by atoms with E-state index in [-0.39, 0.29) is 5.25 Å². The maximum Gasteiger partial charge on any atom is 0.259 e. The second-order valence-electron chi connectivity index (χ2n) is 5.07. The van der Waals surface area contributed by atoms with Crippen molar-refractivity contribution in [3.05, 3.63) is 29.0 Å². The van der Waals surface area contributed by atoms with Crippen molar-refractivity contribution in [3.63, 3.8) is 0 Å². The standard InChI is InChI=1S/C14H16ClN3OS2/c1-7-8(2)21-12(6-20-7)13-17-14(19-18-13)10-5-9(16)3-4-11(10)15/h3-5,7-8,12H,6,16H2,1-2H3. The summed E-state index contributed by atoms with van der Waals surface area (Å²) in [7, 11) is 0. The smallest absolute Gasteiger partial charge is 0.259 e. The van der Waals surface area contributed by atoms with E-state index in [0.29, 0.717) is 32.7 Å². The van der Waals surface area contributed by atoms with Gasteiger partial charge in [0.15, 0.2) is 5.82 Å². The molecule has 4 nitrogen and oxygen atoms in total. The highest BCUT2D eigenvalue weighted by Gasteiger charge is 2.30. The van der Waals surface area contributed by atoms with Crippen LogP contribution < -0.4 is 5.73 Å². The van der Waals surface area contributed by atoms with Gasteiger partial charge in [0.2, 0.25) is 0 Å². The van der Waals surface area contributed by atoms with Crippen LogP contribution in [0.1, 0.15) is 24.9 Å². The minimum atomic E-state index is 0.263. The molecule has 3 rings (SSSR count). The molecule has 21 heavy (non-hydrogen) atoms. The Labute approximate surface area is 137 Å². The van der Waals surface area contributed by atoms with Crippen LogP contribution in [0.2, 0.25) is 5.02 Å². The lowest BCUT2D eigenvalue weighted by Gasteiger charge is -2.29. The molecule has 0 bridgehead atoms. The SMILES string of the molecule is CC1SCC(c2noc(-c3cc(N)ccc3Cl)n2)SC1C. The monoisotopic (exact) mass is 341 g/mol. The van der Waals surface area contributed by atoms with Gasteiger partial charge in [-0.15, -0.1) is 11.8 Å². The topological polar surface area (TPSA) is 64.9 Å². The molecule has 1 aliphatic heterocycles. The summed E-state index contributed by atoms with van der Waals surface area (Å²) in [5.74, 6) is 2.17. The van der Waals surface area contributed by atoms with E-state index in [0.717, 1.165) is 11.6 Å². The molecule has 0 aliphatic carbocycles. The normalized spacial score (nSPS) is 26.0. The molecule has 0 saturated carbocycles.